The van der Waals surface area contributed by atoms with Crippen LogP contribution in [-0.4, -0.2) is 0 Å². The molecule has 0 amide bonds. The van der Waals surface area contributed by atoms with Crippen LogP contribution in [0.25, 0.3) is 0 Å². The Bertz CT molecular complexity index is 435. The van der Waals surface area contributed by atoms with Crippen LogP contribution in [0.2, 0.25) is 0 Å². The molecule has 0 aliphatic carbocycles. The molecule has 0 aliphatic heterocycles. The van der Waals surface area contributed by atoms with Crippen molar-refractivity contribution in [2.75, 3.05) is 0 Å². The average Bonchev–Trinajstić information content (AvgIpc) is 3.30. The Labute approximate surface area is 201 Å². The molecule has 0 N–H and O–H groups in total. The summed E-state index contributed by atoms with van der Waals surface area (Å²) in [5.74, 6) is 0.993. The smallest absolute Gasteiger partial charge is 0.00613 e. The molecule has 1 heteroatoms. The predicted molar refractivity (Wildman–Crippen MR) is 144 cm³/mol. The summed E-state index contributed by atoms with van der Waals surface area (Å²) in [7, 11) is 0. The van der Waals surface area contributed by atoms with Gasteiger partial charge >= 0.3 is 0 Å². The minimum absolute atomic E-state index is 0.993. The first-order valence-corrected chi connectivity index (χ1v) is 15.3. The van der Waals surface area contributed by atoms with Gasteiger partial charge < -0.3 is 0 Å². The van der Waals surface area contributed by atoms with Gasteiger partial charge in [0, 0.05) is 0 Å². The standard InChI is InChI=1S/C30H56S/c1-3-5-7-9-11-13-14-16-18-20-23-29(24-21-25-30-26-27-31-28-30)22-19-17-15-12-10-8-6-4-2/h26-29H,3-25H2,1-2H3. The highest BCUT2D eigenvalue weighted by Crippen LogP contribution is 2.25. The molecule has 0 aromatic carbocycles. The van der Waals surface area contributed by atoms with E-state index in [1.54, 1.807) is 5.56 Å². The molecule has 1 atom stereocenters. The van der Waals surface area contributed by atoms with Crippen LogP contribution in [0.5, 0.6) is 0 Å². The molecule has 182 valence electrons. The quantitative estimate of drug-likeness (QED) is 0.138. The van der Waals surface area contributed by atoms with Crippen LogP contribution >= 0.6 is 11.3 Å². The molecule has 0 fully saturated rings. The summed E-state index contributed by atoms with van der Waals surface area (Å²) in [4.78, 5) is 0. The Morgan fingerprint density at radius 3 is 1.39 bits per heavy atom. The molecule has 0 radical (unpaired) electrons. The number of hydrogen-bond donors (Lipinski definition) is 0. The second kappa shape index (κ2) is 22.9. The van der Waals surface area contributed by atoms with Crippen molar-refractivity contribution in [3.8, 4) is 0 Å². The number of thiophene rings is 1. The van der Waals surface area contributed by atoms with Crippen LogP contribution in [0.15, 0.2) is 16.8 Å². The van der Waals surface area contributed by atoms with Gasteiger partial charge in [-0.2, -0.15) is 11.3 Å². The zero-order valence-electron chi connectivity index (χ0n) is 21.5. The van der Waals surface area contributed by atoms with Gasteiger partial charge in [0.15, 0.2) is 0 Å². The highest BCUT2D eigenvalue weighted by atomic mass is 32.1. The highest BCUT2D eigenvalue weighted by molar-refractivity contribution is 7.07. The molecule has 1 heterocycles. The largest absolute Gasteiger partial charge is 0.152 e. The molecule has 31 heavy (non-hydrogen) atoms. The van der Waals surface area contributed by atoms with Crippen LogP contribution in [0.3, 0.4) is 0 Å². The number of unbranched alkanes of at least 4 members (excludes halogenated alkanes) is 16. The van der Waals surface area contributed by atoms with Crippen molar-refractivity contribution in [2.45, 2.75) is 162 Å². The lowest BCUT2D eigenvalue weighted by molar-refractivity contribution is 0.372. The lowest BCUT2D eigenvalue weighted by Crippen LogP contribution is -2.02. The third kappa shape index (κ3) is 18.9. The SMILES string of the molecule is CCCCCCCCCCCCC(CCCCCCCCCC)CCCc1ccsc1. The fraction of sp³-hybridized carbons (Fsp3) is 0.867. The van der Waals surface area contributed by atoms with E-state index >= 15 is 0 Å². The minimum Gasteiger partial charge on any atom is -0.152 e. The van der Waals surface area contributed by atoms with E-state index in [0.29, 0.717) is 0 Å². The first-order chi connectivity index (χ1) is 15.4. The van der Waals surface area contributed by atoms with Gasteiger partial charge in [-0.3, -0.25) is 0 Å². The van der Waals surface area contributed by atoms with Gasteiger partial charge in [0.2, 0.25) is 0 Å². The molecule has 0 spiro atoms. The van der Waals surface area contributed by atoms with Gasteiger partial charge in [-0.15, -0.1) is 0 Å². The molecule has 1 aromatic rings. The Kier molecular flexibility index (Phi) is 21.2. The van der Waals surface area contributed by atoms with E-state index < -0.39 is 0 Å². The summed E-state index contributed by atoms with van der Waals surface area (Å²) in [6.45, 7) is 4.62. The molecule has 0 aliphatic rings. The molecule has 0 nitrogen and oxygen atoms in total. The second-order valence-corrected chi connectivity index (χ2v) is 10.9. The first kappa shape index (κ1) is 28.7. The Hall–Kier alpha value is -0.300. The van der Waals surface area contributed by atoms with Gasteiger partial charge in [0.25, 0.3) is 0 Å². The van der Waals surface area contributed by atoms with Crippen molar-refractivity contribution in [3.63, 3.8) is 0 Å². The zero-order valence-corrected chi connectivity index (χ0v) is 22.3. The van der Waals surface area contributed by atoms with E-state index in [2.05, 4.69) is 30.7 Å². The van der Waals surface area contributed by atoms with Crippen molar-refractivity contribution in [1.29, 1.82) is 0 Å². The van der Waals surface area contributed by atoms with Crippen LogP contribution in [-0.2, 0) is 6.42 Å². The fourth-order valence-corrected chi connectivity index (χ4v) is 5.65. The fourth-order valence-electron chi connectivity index (χ4n) is 4.95. The maximum atomic E-state index is 2.34. The van der Waals surface area contributed by atoms with Crippen molar-refractivity contribution in [3.05, 3.63) is 22.4 Å². The lowest BCUT2D eigenvalue weighted by Gasteiger charge is -2.17. The topological polar surface area (TPSA) is 0 Å². The number of aryl methyl sites for hydroxylation is 1. The average molecular weight is 449 g/mol. The minimum atomic E-state index is 0.993. The third-order valence-corrected chi connectivity index (χ3v) is 7.82. The second-order valence-electron chi connectivity index (χ2n) is 10.1. The third-order valence-electron chi connectivity index (χ3n) is 7.09. The van der Waals surface area contributed by atoms with Gasteiger partial charge in [0.05, 0.1) is 0 Å². The van der Waals surface area contributed by atoms with Crippen molar-refractivity contribution in [1.82, 2.24) is 0 Å². The van der Waals surface area contributed by atoms with E-state index in [4.69, 9.17) is 0 Å². The van der Waals surface area contributed by atoms with E-state index in [1.165, 1.54) is 148 Å². The molecular formula is C30H56S. The van der Waals surface area contributed by atoms with E-state index in [-0.39, 0.29) is 0 Å². The molecule has 0 saturated carbocycles. The van der Waals surface area contributed by atoms with Gasteiger partial charge in [-0.25, -0.2) is 0 Å². The molecule has 0 saturated heterocycles. The first-order valence-electron chi connectivity index (χ1n) is 14.4. The number of rotatable bonds is 24. The van der Waals surface area contributed by atoms with Crippen LogP contribution in [0.4, 0.5) is 0 Å². The number of hydrogen-bond acceptors (Lipinski definition) is 1. The predicted octanol–water partition coefficient (Wildman–Crippen LogP) is 11.5. The lowest BCUT2D eigenvalue weighted by atomic mass is 9.89. The molecule has 1 unspecified atom stereocenters. The Morgan fingerprint density at radius 2 is 0.968 bits per heavy atom. The van der Waals surface area contributed by atoms with Crippen molar-refractivity contribution < 1.29 is 0 Å². The van der Waals surface area contributed by atoms with Crippen LogP contribution in [0, 0.1) is 5.92 Å². The molecule has 0 bridgehead atoms. The summed E-state index contributed by atoms with van der Waals surface area (Å²) >= 11 is 1.85. The highest BCUT2D eigenvalue weighted by Gasteiger charge is 2.09. The van der Waals surface area contributed by atoms with E-state index in [9.17, 15) is 0 Å². The summed E-state index contributed by atoms with van der Waals surface area (Å²) in [5.41, 5.74) is 1.56. The van der Waals surface area contributed by atoms with Gasteiger partial charge in [-0.05, 0) is 41.1 Å². The Morgan fingerprint density at radius 1 is 0.548 bits per heavy atom. The van der Waals surface area contributed by atoms with Gasteiger partial charge in [-0.1, -0.05) is 149 Å². The summed E-state index contributed by atoms with van der Waals surface area (Å²) in [6.07, 6.45) is 33.4. The zero-order chi connectivity index (χ0) is 22.2. The van der Waals surface area contributed by atoms with Crippen LogP contribution < -0.4 is 0 Å². The van der Waals surface area contributed by atoms with Crippen molar-refractivity contribution >= 4 is 11.3 Å². The molecular weight excluding hydrogens is 392 g/mol. The van der Waals surface area contributed by atoms with Gasteiger partial charge in [0.1, 0.15) is 0 Å². The van der Waals surface area contributed by atoms with E-state index in [0.717, 1.165) is 5.92 Å². The summed E-state index contributed by atoms with van der Waals surface area (Å²) in [6, 6.07) is 2.32. The van der Waals surface area contributed by atoms with E-state index in [1.807, 2.05) is 11.3 Å². The normalized spacial score (nSPS) is 12.5. The summed E-state index contributed by atoms with van der Waals surface area (Å²) in [5, 5.41) is 4.58. The van der Waals surface area contributed by atoms with Crippen molar-refractivity contribution in [2.24, 2.45) is 5.92 Å². The monoisotopic (exact) mass is 448 g/mol. The maximum Gasteiger partial charge on any atom is -0.00613 e. The molecule has 1 rings (SSSR count). The van der Waals surface area contributed by atoms with Crippen LogP contribution in [0.1, 0.15) is 161 Å². The Balaban J connectivity index is 2.09. The maximum absolute atomic E-state index is 2.34. The summed E-state index contributed by atoms with van der Waals surface area (Å²) < 4.78 is 0. The molecule has 1 aromatic heterocycles.